The SMILES string of the molecule is N#CC(C#N)=C1C(c2ccc(C3=C(C#N)c4cc(C#N)ccc4C3=C(C#N)C#N)cc2)=C(C#N)c2cc(C#N)ccc21. The predicted molar refractivity (Wildman–Crippen MR) is 150 cm³/mol. The Hall–Kier alpha value is -7.46. The second-order valence-electron chi connectivity index (χ2n) is 8.99. The van der Waals surface area contributed by atoms with Gasteiger partial charge in [-0.05, 0) is 46.5 Å². The molecule has 186 valence electrons. The summed E-state index contributed by atoms with van der Waals surface area (Å²) < 4.78 is 0. The minimum atomic E-state index is -0.197. The van der Waals surface area contributed by atoms with Gasteiger partial charge >= 0.3 is 0 Å². The van der Waals surface area contributed by atoms with Crippen LogP contribution >= 0.6 is 0 Å². The first kappa shape index (κ1) is 26.2. The van der Waals surface area contributed by atoms with Crippen LogP contribution in [0.4, 0.5) is 0 Å². The maximum atomic E-state index is 10.1. The lowest BCUT2D eigenvalue weighted by Gasteiger charge is -2.12. The monoisotopic (exact) mass is 530 g/mol. The zero-order chi connectivity index (χ0) is 30.0. The first-order chi connectivity index (χ1) is 20.5. The summed E-state index contributed by atoms with van der Waals surface area (Å²) in [4.78, 5) is 0. The predicted octanol–water partition coefficient (Wildman–Crippen LogP) is 5.93. The highest BCUT2D eigenvalue weighted by Gasteiger charge is 2.33. The number of hydrogen-bond donors (Lipinski definition) is 0. The molecule has 3 aromatic carbocycles. The van der Waals surface area contributed by atoms with Gasteiger partial charge in [-0.15, -0.1) is 0 Å². The molecule has 0 aliphatic heterocycles. The summed E-state index contributed by atoms with van der Waals surface area (Å²) in [5.74, 6) is 0. The molecule has 0 N–H and O–H groups in total. The van der Waals surface area contributed by atoms with Gasteiger partial charge in [-0.3, -0.25) is 0 Å². The topological polar surface area (TPSA) is 190 Å². The van der Waals surface area contributed by atoms with Crippen molar-refractivity contribution in [2.24, 2.45) is 0 Å². The third-order valence-electron chi connectivity index (χ3n) is 7.01. The summed E-state index contributed by atoms with van der Waals surface area (Å²) in [7, 11) is 0. The molecule has 0 atom stereocenters. The lowest BCUT2D eigenvalue weighted by Crippen LogP contribution is -1.94. The molecule has 0 aromatic heterocycles. The first-order valence-corrected chi connectivity index (χ1v) is 12.1. The van der Waals surface area contributed by atoms with Crippen molar-refractivity contribution in [3.05, 3.63) is 116 Å². The van der Waals surface area contributed by atoms with Crippen molar-refractivity contribution in [2.75, 3.05) is 0 Å². The minimum Gasteiger partial charge on any atom is -0.192 e. The van der Waals surface area contributed by atoms with Crippen molar-refractivity contribution >= 4 is 33.4 Å². The molecule has 0 heterocycles. The number of hydrogen-bond acceptors (Lipinski definition) is 8. The smallest absolute Gasteiger partial charge is 0.138 e. The number of allylic oxidation sites excluding steroid dienone is 8. The fourth-order valence-corrected chi connectivity index (χ4v) is 5.27. The minimum absolute atomic E-state index is 0.193. The Morgan fingerprint density at radius 1 is 0.405 bits per heavy atom. The standard InChI is InChI=1S/C34H10N8/c35-11-19-1-7-25-27(9-19)29(17-41)31(33(25)23(13-37)14-38)21-3-5-22(6-4-21)32-30(18-42)28-10-20(12-36)2-8-26(28)34(32)24(15-39)16-40/h1-10H. The maximum Gasteiger partial charge on any atom is 0.138 e. The molecule has 0 unspecified atom stereocenters. The Labute approximate surface area is 240 Å². The fourth-order valence-electron chi connectivity index (χ4n) is 5.27. The molecular weight excluding hydrogens is 520 g/mol. The second kappa shape index (κ2) is 10.4. The molecule has 0 fully saturated rings. The van der Waals surface area contributed by atoms with E-state index in [0.29, 0.717) is 55.7 Å². The first-order valence-electron chi connectivity index (χ1n) is 12.1. The van der Waals surface area contributed by atoms with Crippen LogP contribution in [0.3, 0.4) is 0 Å². The summed E-state index contributed by atoms with van der Waals surface area (Å²) >= 11 is 0. The molecule has 2 aliphatic rings. The van der Waals surface area contributed by atoms with Crippen LogP contribution in [-0.4, -0.2) is 0 Å². The molecule has 8 heteroatoms. The van der Waals surface area contributed by atoms with E-state index in [0.717, 1.165) is 0 Å². The number of benzene rings is 3. The number of fused-ring (bicyclic) bond motifs is 2. The Morgan fingerprint density at radius 3 is 1.05 bits per heavy atom. The van der Waals surface area contributed by atoms with Gasteiger partial charge in [-0.2, -0.15) is 42.1 Å². The van der Waals surface area contributed by atoms with Crippen molar-refractivity contribution in [2.45, 2.75) is 0 Å². The van der Waals surface area contributed by atoms with Crippen molar-refractivity contribution in [1.82, 2.24) is 0 Å². The quantitative estimate of drug-likeness (QED) is 0.364. The highest BCUT2D eigenvalue weighted by Crippen LogP contribution is 2.50. The van der Waals surface area contributed by atoms with Crippen molar-refractivity contribution in [3.63, 3.8) is 0 Å². The highest BCUT2D eigenvalue weighted by molar-refractivity contribution is 6.27. The van der Waals surface area contributed by atoms with Crippen molar-refractivity contribution in [1.29, 1.82) is 42.1 Å². The van der Waals surface area contributed by atoms with E-state index in [1.807, 2.05) is 36.4 Å². The van der Waals surface area contributed by atoms with Crippen LogP contribution in [0.5, 0.6) is 0 Å². The van der Waals surface area contributed by atoms with Gasteiger partial charge in [-0.25, -0.2) is 0 Å². The fraction of sp³-hybridized carbons (Fsp3) is 0. The van der Waals surface area contributed by atoms with Gasteiger partial charge in [0.1, 0.15) is 47.6 Å². The van der Waals surface area contributed by atoms with Crippen LogP contribution in [0.2, 0.25) is 0 Å². The lowest BCUT2D eigenvalue weighted by atomic mass is 9.89. The maximum absolute atomic E-state index is 10.1. The Kier molecular flexibility index (Phi) is 6.45. The molecule has 0 radical (unpaired) electrons. The molecule has 8 nitrogen and oxygen atoms in total. The van der Waals surface area contributed by atoms with Gasteiger partial charge in [0.05, 0.1) is 34.4 Å². The van der Waals surface area contributed by atoms with Crippen LogP contribution in [0.1, 0.15) is 44.5 Å². The second-order valence-corrected chi connectivity index (χ2v) is 8.99. The zero-order valence-corrected chi connectivity index (χ0v) is 21.4. The lowest BCUT2D eigenvalue weighted by molar-refractivity contribution is 1.45. The van der Waals surface area contributed by atoms with Crippen LogP contribution in [0, 0.1) is 90.6 Å². The van der Waals surface area contributed by atoms with E-state index >= 15 is 0 Å². The zero-order valence-electron chi connectivity index (χ0n) is 21.4. The van der Waals surface area contributed by atoms with Crippen molar-refractivity contribution in [3.8, 4) is 48.6 Å². The van der Waals surface area contributed by atoms with Crippen molar-refractivity contribution < 1.29 is 0 Å². The molecular formula is C34H10N8. The largest absolute Gasteiger partial charge is 0.192 e. The molecule has 3 aromatic rings. The van der Waals surface area contributed by atoms with E-state index in [-0.39, 0.29) is 33.4 Å². The average molecular weight is 531 g/mol. The van der Waals surface area contributed by atoms with E-state index in [4.69, 9.17) is 0 Å². The van der Waals surface area contributed by atoms with Gasteiger partial charge in [0, 0.05) is 33.4 Å². The van der Waals surface area contributed by atoms with Crippen LogP contribution in [0.25, 0.3) is 33.4 Å². The summed E-state index contributed by atoms with van der Waals surface area (Å²) in [6.07, 6.45) is 0. The van der Waals surface area contributed by atoms with Gasteiger partial charge in [0.15, 0.2) is 0 Å². The molecule has 0 bridgehead atoms. The Morgan fingerprint density at radius 2 is 0.762 bits per heavy atom. The average Bonchev–Trinajstić information content (AvgIpc) is 3.54. The highest BCUT2D eigenvalue weighted by atomic mass is 14.4. The van der Waals surface area contributed by atoms with Crippen LogP contribution in [-0.2, 0) is 0 Å². The molecule has 0 saturated heterocycles. The van der Waals surface area contributed by atoms with E-state index in [9.17, 15) is 42.1 Å². The summed E-state index contributed by atoms with van der Waals surface area (Å²) in [6.45, 7) is 0. The van der Waals surface area contributed by atoms with E-state index in [2.05, 4.69) is 12.1 Å². The summed E-state index contributed by atoms with van der Waals surface area (Å²) in [5, 5.41) is 78.0. The van der Waals surface area contributed by atoms with Gasteiger partial charge in [0.2, 0.25) is 0 Å². The third-order valence-corrected chi connectivity index (χ3v) is 7.01. The Bertz CT molecular complexity index is 2060. The molecule has 2 aliphatic carbocycles. The van der Waals surface area contributed by atoms with E-state index in [1.54, 1.807) is 60.7 Å². The van der Waals surface area contributed by atoms with Crippen LogP contribution < -0.4 is 0 Å². The van der Waals surface area contributed by atoms with Gasteiger partial charge < -0.3 is 0 Å². The Balaban J connectivity index is 1.76. The number of nitrogens with zero attached hydrogens (tertiary/aromatic N) is 8. The van der Waals surface area contributed by atoms with E-state index < -0.39 is 0 Å². The number of nitriles is 8. The molecule has 0 saturated carbocycles. The van der Waals surface area contributed by atoms with Gasteiger partial charge in [-0.1, -0.05) is 36.4 Å². The van der Waals surface area contributed by atoms with Gasteiger partial charge in [0.25, 0.3) is 0 Å². The van der Waals surface area contributed by atoms with Crippen LogP contribution in [0.15, 0.2) is 71.8 Å². The summed E-state index contributed by atoms with van der Waals surface area (Å²) in [5.41, 5.74) is 4.68. The number of rotatable bonds is 2. The molecule has 42 heavy (non-hydrogen) atoms. The third kappa shape index (κ3) is 3.78. The normalized spacial score (nSPS) is 12.3. The molecule has 0 amide bonds. The van der Waals surface area contributed by atoms with E-state index in [1.165, 1.54) is 0 Å². The molecule has 0 spiro atoms. The molecule has 5 rings (SSSR count). The summed E-state index contributed by atoms with van der Waals surface area (Å²) in [6, 6.07) is 32.0.